The zero-order chi connectivity index (χ0) is 21.0. The third kappa shape index (κ3) is 4.29. The second kappa shape index (κ2) is 8.80. The van der Waals surface area contributed by atoms with Gasteiger partial charge in [-0.25, -0.2) is 0 Å². The van der Waals surface area contributed by atoms with E-state index in [2.05, 4.69) is 76.7 Å². The van der Waals surface area contributed by atoms with Gasteiger partial charge in [-0.1, -0.05) is 54.6 Å². The standard InChI is InChI=1S/C26H29N3O/c1-20-7-3-4-9-24(20)18-29-14-12-26(19-29,25(30)27-2)16-21-8-5-10-22(15-21)23-11-6-13-28-17-23/h3-11,13,15,17H,12,14,16,18-19H2,1-2H3,(H,27,30). The highest BCUT2D eigenvalue weighted by Crippen LogP contribution is 2.36. The molecule has 154 valence electrons. The first-order chi connectivity index (χ1) is 14.6. The number of pyridine rings is 1. The number of benzene rings is 2. The van der Waals surface area contributed by atoms with Gasteiger partial charge in [-0.05, 0) is 60.2 Å². The van der Waals surface area contributed by atoms with Gasteiger partial charge in [-0.15, -0.1) is 0 Å². The van der Waals surface area contributed by atoms with Gasteiger partial charge in [0.05, 0.1) is 5.41 Å². The molecular formula is C26H29N3O. The lowest BCUT2D eigenvalue weighted by Gasteiger charge is -2.28. The van der Waals surface area contributed by atoms with Crippen LogP contribution >= 0.6 is 0 Å². The second-order valence-electron chi connectivity index (χ2n) is 8.37. The number of carbonyl (C=O) groups is 1. The molecule has 1 fully saturated rings. The van der Waals surface area contributed by atoms with Crippen molar-refractivity contribution in [2.45, 2.75) is 26.3 Å². The lowest BCUT2D eigenvalue weighted by atomic mass is 9.79. The summed E-state index contributed by atoms with van der Waals surface area (Å²) in [7, 11) is 1.75. The number of rotatable bonds is 6. The number of likely N-dealkylation sites (tertiary alicyclic amines) is 1. The highest BCUT2D eigenvalue weighted by atomic mass is 16.2. The molecule has 1 N–H and O–H groups in total. The van der Waals surface area contributed by atoms with Crippen molar-refractivity contribution >= 4 is 5.91 Å². The molecule has 0 bridgehead atoms. The number of aryl methyl sites for hydroxylation is 1. The largest absolute Gasteiger partial charge is 0.359 e. The first kappa shape index (κ1) is 20.3. The molecule has 0 saturated carbocycles. The molecule has 4 rings (SSSR count). The minimum Gasteiger partial charge on any atom is -0.359 e. The van der Waals surface area contributed by atoms with E-state index in [1.165, 1.54) is 16.7 Å². The maximum Gasteiger partial charge on any atom is 0.227 e. The molecule has 1 aliphatic rings. The van der Waals surface area contributed by atoms with Gasteiger partial charge in [-0.3, -0.25) is 14.7 Å². The fraction of sp³-hybridized carbons (Fsp3) is 0.308. The summed E-state index contributed by atoms with van der Waals surface area (Å²) in [5.41, 5.74) is 5.68. The van der Waals surface area contributed by atoms with E-state index in [1.807, 2.05) is 12.3 Å². The minimum atomic E-state index is -0.398. The molecular weight excluding hydrogens is 370 g/mol. The fourth-order valence-corrected chi connectivity index (χ4v) is 4.58. The van der Waals surface area contributed by atoms with Crippen LogP contribution in [-0.2, 0) is 17.8 Å². The number of nitrogens with zero attached hydrogens (tertiary/aromatic N) is 2. The third-order valence-electron chi connectivity index (χ3n) is 6.26. The van der Waals surface area contributed by atoms with E-state index in [1.54, 1.807) is 13.2 Å². The SMILES string of the molecule is CNC(=O)C1(Cc2cccc(-c3cccnc3)c2)CCN(Cc2ccccc2C)C1. The van der Waals surface area contributed by atoms with Crippen LogP contribution in [0.4, 0.5) is 0 Å². The molecule has 1 saturated heterocycles. The molecule has 3 aromatic rings. The van der Waals surface area contributed by atoms with Crippen molar-refractivity contribution in [1.29, 1.82) is 0 Å². The summed E-state index contributed by atoms with van der Waals surface area (Å²) in [5, 5.41) is 2.93. The third-order valence-corrected chi connectivity index (χ3v) is 6.26. The summed E-state index contributed by atoms with van der Waals surface area (Å²) < 4.78 is 0. The van der Waals surface area contributed by atoms with Gasteiger partial charge in [0.2, 0.25) is 5.91 Å². The number of carbonyl (C=O) groups excluding carboxylic acids is 1. The zero-order valence-electron chi connectivity index (χ0n) is 17.8. The molecule has 0 aliphatic carbocycles. The Morgan fingerprint density at radius 2 is 1.93 bits per heavy atom. The Kier molecular flexibility index (Phi) is 5.96. The normalized spacial score (nSPS) is 19.0. The van der Waals surface area contributed by atoms with Crippen molar-refractivity contribution in [2.75, 3.05) is 20.1 Å². The van der Waals surface area contributed by atoms with Crippen LogP contribution in [0.15, 0.2) is 73.1 Å². The Hall–Kier alpha value is -2.98. The average molecular weight is 400 g/mol. The van der Waals surface area contributed by atoms with E-state index in [0.717, 1.165) is 43.6 Å². The van der Waals surface area contributed by atoms with Crippen molar-refractivity contribution < 1.29 is 4.79 Å². The van der Waals surface area contributed by atoms with Crippen molar-refractivity contribution in [3.63, 3.8) is 0 Å². The second-order valence-corrected chi connectivity index (χ2v) is 8.37. The highest BCUT2D eigenvalue weighted by Gasteiger charge is 2.44. The van der Waals surface area contributed by atoms with E-state index in [-0.39, 0.29) is 5.91 Å². The molecule has 4 heteroatoms. The Morgan fingerprint density at radius 1 is 1.10 bits per heavy atom. The Labute approximate surface area is 179 Å². The summed E-state index contributed by atoms with van der Waals surface area (Å²) in [6.45, 7) is 4.75. The van der Waals surface area contributed by atoms with Crippen molar-refractivity contribution in [3.05, 3.63) is 89.7 Å². The quantitative estimate of drug-likeness (QED) is 0.674. The molecule has 1 aromatic heterocycles. The summed E-state index contributed by atoms with van der Waals surface area (Å²) in [4.78, 5) is 19.7. The van der Waals surface area contributed by atoms with Crippen LogP contribution in [0.1, 0.15) is 23.1 Å². The maximum absolute atomic E-state index is 13.0. The molecule has 30 heavy (non-hydrogen) atoms. The lowest BCUT2D eigenvalue weighted by molar-refractivity contribution is -0.130. The van der Waals surface area contributed by atoms with Crippen molar-refractivity contribution in [3.8, 4) is 11.1 Å². The van der Waals surface area contributed by atoms with Crippen LogP contribution in [0.3, 0.4) is 0 Å². The molecule has 2 heterocycles. The molecule has 2 aromatic carbocycles. The van der Waals surface area contributed by atoms with E-state index in [4.69, 9.17) is 0 Å². The van der Waals surface area contributed by atoms with Gasteiger partial charge in [0, 0.05) is 32.5 Å². The summed E-state index contributed by atoms with van der Waals surface area (Å²) in [6, 6.07) is 21.0. The first-order valence-corrected chi connectivity index (χ1v) is 10.6. The summed E-state index contributed by atoms with van der Waals surface area (Å²) >= 11 is 0. The predicted molar refractivity (Wildman–Crippen MR) is 121 cm³/mol. The topological polar surface area (TPSA) is 45.2 Å². The Morgan fingerprint density at radius 3 is 2.70 bits per heavy atom. The zero-order valence-corrected chi connectivity index (χ0v) is 17.8. The molecule has 1 aliphatic heterocycles. The van der Waals surface area contributed by atoms with Gasteiger partial charge < -0.3 is 5.32 Å². The van der Waals surface area contributed by atoms with Crippen molar-refractivity contribution in [1.82, 2.24) is 15.2 Å². The van der Waals surface area contributed by atoms with Crippen LogP contribution in [0.5, 0.6) is 0 Å². The maximum atomic E-state index is 13.0. The average Bonchev–Trinajstić information content (AvgIpc) is 3.19. The highest BCUT2D eigenvalue weighted by molar-refractivity contribution is 5.83. The molecule has 1 amide bonds. The fourth-order valence-electron chi connectivity index (χ4n) is 4.58. The number of aromatic nitrogens is 1. The first-order valence-electron chi connectivity index (χ1n) is 10.6. The minimum absolute atomic E-state index is 0.140. The van der Waals surface area contributed by atoms with E-state index < -0.39 is 5.41 Å². The molecule has 1 unspecified atom stereocenters. The monoisotopic (exact) mass is 399 g/mol. The molecule has 4 nitrogen and oxygen atoms in total. The van der Waals surface area contributed by atoms with Gasteiger partial charge in [0.1, 0.15) is 0 Å². The predicted octanol–water partition coefficient (Wildman–Crippen LogP) is 4.24. The number of amides is 1. The van der Waals surface area contributed by atoms with Gasteiger partial charge >= 0.3 is 0 Å². The van der Waals surface area contributed by atoms with Crippen LogP contribution in [0.2, 0.25) is 0 Å². The smallest absolute Gasteiger partial charge is 0.227 e. The number of hydrogen-bond acceptors (Lipinski definition) is 3. The van der Waals surface area contributed by atoms with Gasteiger partial charge in [-0.2, -0.15) is 0 Å². The molecule has 1 atom stereocenters. The van der Waals surface area contributed by atoms with Crippen molar-refractivity contribution in [2.24, 2.45) is 5.41 Å². The van der Waals surface area contributed by atoms with E-state index >= 15 is 0 Å². The number of hydrogen-bond donors (Lipinski definition) is 1. The number of nitrogens with one attached hydrogen (secondary N) is 1. The van der Waals surface area contributed by atoms with E-state index in [9.17, 15) is 4.79 Å². The van der Waals surface area contributed by atoms with Crippen LogP contribution < -0.4 is 5.32 Å². The lowest BCUT2D eigenvalue weighted by Crippen LogP contribution is -2.43. The summed E-state index contributed by atoms with van der Waals surface area (Å²) in [6.07, 6.45) is 5.28. The molecule has 0 spiro atoms. The van der Waals surface area contributed by atoms with Gasteiger partial charge in [0.15, 0.2) is 0 Å². The van der Waals surface area contributed by atoms with E-state index in [0.29, 0.717) is 0 Å². The summed E-state index contributed by atoms with van der Waals surface area (Å²) in [5.74, 6) is 0.140. The Bertz CT molecular complexity index is 1020. The van der Waals surface area contributed by atoms with Gasteiger partial charge in [0.25, 0.3) is 0 Å². The Balaban J connectivity index is 1.55. The van der Waals surface area contributed by atoms with Crippen LogP contribution in [0, 0.1) is 12.3 Å². The van der Waals surface area contributed by atoms with Crippen LogP contribution in [0.25, 0.3) is 11.1 Å². The van der Waals surface area contributed by atoms with Crippen LogP contribution in [-0.4, -0.2) is 35.9 Å². The molecule has 0 radical (unpaired) electrons.